The van der Waals surface area contributed by atoms with Crippen molar-refractivity contribution in [2.75, 3.05) is 10.7 Å². The number of hydrazine groups is 1. The first-order valence-electron chi connectivity index (χ1n) is 6.16. The van der Waals surface area contributed by atoms with Gasteiger partial charge in [0.1, 0.15) is 11.6 Å². The van der Waals surface area contributed by atoms with Gasteiger partial charge in [0, 0.05) is 5.54 Å². The minimum atomic E-state index is -4.42. The van der Waals surface area contributed by atoms with Crippen LogP contribution in [0.3, 0.4) is 0 Å². The molecule has 0 bridgehead atoms. The molecule has 1 aliphatic rings. The zero-order valence-electron chi connectivity index (χ0n) is 10.6. The lowest BCUT2D eigenvalue weighted by atomic mass is 10.0. The Labute approximate surface area is 109 Å². The Morgan fingerprint density at radius 3 is 2.32 bits per heavy atom. The number of anilines is 2. The quantitative estimate of drug-likeness (QED) is 0.585. The molecule has 4 N–H and O–H groups in total. The lowest BCUT2D eigenvalue weighted by Gasteiger charge is -2.26. The maximum Gasteiger partial charge on any atom is 0.416 e. The van der Waals surface area contributed by atoms with Crippen LogP contribution in [-0.4, -0.2) is 10.5 Å². The molecule has 0 saturated heterocycles. The molecule has 1 aromatic heterocycles. The minimum Gasteiger partial charge on any atom is -0.365 e. The summed E-state index contributed by atoms with van der Waals surface area (Å²) in [6.07, 6.45) is -0.414. The molecule has 1 aromatic rings. The molecular formula is C12H17F3N4. The SMILES string of the molecule is CC1(Nc2cc(C(F)(F)F)cc(NN)n2)CCCC1. The van der Waals surface area contributed by atoms with Gasteiger partial charge in [0.25, 0.3) is 0 Å². The van der Waals surface area contributed by atoms with Crippen LogP contribution < -0.4 is 16.6 Å². The molecule has 1 heterocycles. The summed E-state index contributed by atoms with van der Waals surface area (Å²) in [7, 11) is 0. The first-order chi connectivity index (χ1) is 8.82. The van der Waals surface area contributed by atoms with Crippen LogP contribution >= 0.6 is 0 Å². The number of rotatable bonds is 3. The van der Waals surface area contributed by atoms with Crippen LogP contribution in [-0.2, 0) is 6.18 Å². The van der Waals surface area contributed by atoms with Crippen LogP contribution in [0.1, 0.15) is 38.2 Å². The number of aromatic nitrogens is 1. The molecule has 0 aromatic carbocycles. The average Bonchev–Trinajstić information content (AvgIpc) is 2.74. The smallest absolute Gasteiger partial charge is 0.365 e. The van der Waals surface area contributed by atoms with Gasteiger partial charge in [-0.2, -0.15) is 13.2 Å². The second-order valence-electron chi connectivity index (χ2n) is 5.16. The number of nitrogens with two attached hydrogens (primary N) is 1. The highest BCUT2D eigenvalue weighted by molar-refractivity contribution is 5.50. The maximum absolute atomic E-state index is 12.8. The van der Waals surface area contributed by atoms with Crippen molar-refractivity contribution in [3.05, 3.63) is 17.7 Å². The van der Waals surface area contributed by atoms with Crippen LogP contribution in [0.15, 0.2) is 12.1 Å². The normalized spacial score (nSPS) is 18.4. The molecule has 0 aliphatic heterocycles. The predicted molar refractivity (Wildman–Crippen MR) is 67.5 cm³/mol. The molecule has 0 unspecified atom stereocenters. The summed E-state index contributed by atoms with van der Waals surface area (Å²) < 4.78 is 38.3. The lowest BCUT2D eigenvalue weighted by molar-refractivity contribution is -0.137. The average molecular weight is 274 g/mol. The van der Waals surface area contributed by atoms with Crippen LogP contribution in [0, 0.1) is 0 Å². The molecular weight excluding hydrogens is 257 g/mol. The Hall–Kier alpha value is -1.50. The lowest BCUT2D eigenvalue weighted by Crippen LogP contribution is -2.31. The standard InChI is InChI=1S/C12H17F3N4/c1-11(4-2-3-5-11)18-9-6-8(12(13,14)15)7-10(17-9)19-16/h6-7H,2-5,16H2,1H3,(H2,17,18,19). The van der Waals surface area contributed by atoms with Gasteiger partial charge in [-0.1, -0.05) is 12.8 Å². The van der Waals surface area contributed by atoms with Gasteiger partial charge < -0.3 is 10.7 Å². The third-order valence-electron chi connectivity index (χ3n) is 3.44. The fraction of sp³-hybridized carbons (Fsp3) is 0.583. The van der Waals surface area contributed by atoms with Gasteiger partial charge in [0.15, 0.2) is 0 Å². The number of nitrogen functional groups attached to an aromatic ring is 1. The van der Waals surface area contributed by atoms with Gasteiger partial charge in [0.05, 0.1) is 5.56 Å². The van der Waals surface area contributed by atoms with E-state index in [0.29, 0.717) is 0 Å². The number of nitrogens with one attached hydrogen (secondary N) is 2. The fourth-order valence-corrected chi connectivity index (χ4v) is 2.42. The Morgan fingerprint density at radius 2 is 1.79 bits per heavy atom. The van der Waals surface area contributed by atoms with Crippen molar-refractivity contribution in [3.8, 4) is 0 Å². The van der Waals surface area contributed by atoms with Gasteiger partial charge in [-0.3, -0.25) is 0 Å². The minimum absolute atomic E-state index is 0.000998. The molecule has 4 nitrogen and oxygen atoms in total. The number of pyridine rings is 1. The van der Waals surface area contributed by atoms with Crippen molar-refractivity contribution in [2.45, 2.75) is 44.3 Å². The molecule has 106 valence electrons. The highest BCUT2D eigenvalue weighted by atomic mass is 19.4. The summed E-state index contributed by atoms with van der Waals surface area (Å²) in [5.74, 6) is 5.36. The summed E-state index contributed by atoms with van der Waals surface area (Å²) in [6.45, 7) is 2.00. The number of hydrogen-bond acceptors (Lipinski definition) is 4. The zero-order chi connectivity index (χ0) is 14.1. The molecule has 1 aliphatic carbocycles. The third-order valence-corrected chi connectivity index (χ3v) is 3.44. The van der Waals surface area contributed by atoms with E-state index in [2.05, 4.69) is 15.7 Å². The molecule has 7 heteroatoms. The van der Waals surface area contributed by atoms with Crippen molar-refractivity contribution in [1.82, 2.24) is 4.98 Å². The second kappa shape index (κ2) is 4.88. The van der Waals surface area contributed by atoms with E-state index in [1.54, 1.807) is 0 Å². The topological polar surface area (TPSA) is 63.0 Å². The van der Waals surface area contributed by atoms with E-state index in [1.807, 2.05) is 6.92 Å². The summed E-state index contributed by atoms with van der Waals surface area (Å²) in [5, 5.41) is 3.10. The molecule has 0 spiro atoms. The van der Waals surface area contributed by atoms with Crippen LogP contribution in [0.25, 0.3) is 0 Å². The zero-order valence-corrected chi connectivity index (χ0v) is 10.6. The Morgan fingerprint density at radius 1 is 1.21 bits per heavy atom. The number of alkyl halides is 3. The van der Waals surface area contributed by atoms with Gasteiger partial charge >= 0.3 is 6.18 Å². The molecule has 1 saturated carbocycles. The van der Waals surface area contributed by atoms with E-state index in [-0.39, 0.29) is 17.2 Å². The van der Waals surface area contributed by atoms with E-state index < -0.39 is 11.7 Å². The summed E-state index contributed by atoms with van der Waals surface area (Å²) in [4.78, 5) is 4.03. The van der Waals surface area contributed by atoms with E-state index in [4.69, 9.17) is 5.84 Å². The first kappa shape index (κ1) is 13.9. The number of halogens is 3. The summed E-state index contributed by atoms with van der Waals surface area (Å²) >= 11 is 0. The molecule has 0 radical (unpaired) electrons. The van der Waals surface area contributed by atoms with E-state index in [1.165, 1.54) is 0 Å². The third kappa shape index (κ3) is 3.28. The van der Waals surface area contributed by atoms with E-state index >= 15 is 0 Å². The molecule has 2 rings (SSSR count). The number of nitrogens with zero attached hydrogens (tertiary/aromatic N) is 1. The maximum atomic E-state index is 12.8. The van der Waals surface area contributed by atoms with Crippen molar-refractivity contribution >= 4 is 11.6 Å². The summed E-state index contributed by atoms with van der Waals surface area (Å²) in [5.41, 5.74) is 1.21. The van der Waals surface area contributed by atoms with Gasteiger partial charge in [0.2, 0.25) is 0 Å². The molecule has 0 atom stereocenters. The molecule has 1 fully saturated rings. The highest BCUT2D eigenvalue weighted by Crippen LogP contribution is 2.35. The molecule has 19 heavy (non-hydrogen) atoms. The monoisotopic (exact) mass is 274 g/mol. The molecule has 0 amide bonds. The van der Waals surface area contributed by atoms with Crippen LogP contribution in [0.2, 0.25) is 0 Å². The van der Waals surface area contributed by atoms with Gasteiger partial charge in [-0.05, 0) is 31.9 Å². The van der Waals surface area contributed by atoms with Crippen molar-refractivity contribution in [1.29, 1.82) is 0 Å². The predicted octanol–water partition coefficient (Wildman–Crippen LogP) is 3.13. The van der Waals surface area contributed by atoms with Crippen molar-refractivity contribution in [3.63, 3.8) is 0 Å². The Bertz CT molecular complexity index is 453. The Kier molecular flexibility index (Phi) is 3.58. The van der Waals surface area contributed by atoms with Crippen LogP contribution in [0.5, 0.6) is 0 Å². The van der Waals surface area contributed by atoms with Gasteiger partial charge in [-0.15, -0.1) is 0 Å². The summed E-state index contributed by atoms with van der Waals surface area (Å²) in [6, 6.07) is 1.91. The van der Waals surface area contributed by atoms with Crippen LogP contribution in [0.4, 0.5) is 24.8 Å². The fourth-order valence-electron chi connectivity index (χ4n) is 2.42. The van der Waals surface area contributed by atoms with E-state index in [0.717, 1.165) is 37.8 Å². The Balaban J connectivity index is 2.29. The van der Waals surface area contributed by atoms with Crippen molar-refractivity contribution < 1.29 is 13.2 Å². The highest BCUT2D eigenvalue weighted by Gasteiger charge is 2.33. The van der Waals surface area contributed by atoms with Gasteiger partial charge in [-0.25, -0.2) is 10.8 Å². The second-order valence-corrected chi connectivity index (χ2v) is 5.16. The largest absolute Gasteiger partial charge is 0.416 e. The van der Waals surface area contributed by atoms with Crippen molar-refractivity contribution in [2.24, 2.45) is 5.84 Å². The van der Waals surface area contributed by atoms with E-state index in [9.17, 15) is 13.2 Å². The number of hydrogen-bond donors (Lipinski definition) is 3. The first-order valence-corrected chi connectivity index (χ1v) is 6.16.